The molecule has 0 saturated carbocycles. The van der Waals surface area contributed by atoms with E-state index >= 15 is 0 Å². The molecule has 0 aromatic heterocycles. The zero-order valence-corrected chi connectivity index (χ0v) is 8.04. The molecule has 3 heteroatoms. The first kappa shape index (κ1) is 9.06. The zero-order valence-electron chi connectivity index (χ0n) is 8.04. The van der Waals surface area contributed by atoms with Crippen LogP contribution in [0.2, 0.25) is 0 Å². The van der Waals surface area contributed by atoms with E-state index in [4.69, 9.17) is 9.84 Å². The molecule has 0 unspecified atom stereocenters. The van der Waals surface area contributed by atoms with Crippen LogP contribution >= 0.6 is 0 Å². The van der Waals surface area contributed by atoms with Gasteiger partial charge in [-0.05, 0) is 23.6 Å². The van der Waals surface area contributed by atoms with Crippen molar-refractivity contribution in [2.24, 2.45) is 0 Å². The average Bonchev–Trinajstić information content (AvgIpc) is 2.50. The van der Waals surface area contributed by atoms with Crippen LogP contribution in [-0.4, -0.2) is 17.7 Å². The second kappa shape index (κ2) is 3.33. The number of aryl methyl sites for hydroxylation is 1. The van der Waals surface area contributed by atoms with Crippen LogP contribution in [0.1, 0.15) is 16.7 Å². The molecule has 1 aliphatic rings. The molecule has 74 valence electrons. The van der Waals surface area contributed by atoms with Gasteiger partial charge in [0.1, 0.15) is 5.75 Å². The Balaban J connectivity index is 2.36. The molecule has 0 saturated heterocycles. The summed E-state index contributed by atoms with van der Waals surface area (Å²) in [4.78, 5) is 10.5. The van der Waals surface area contributed by atoms with Crippen molar-refractivity contribution in [2.45, 2.75) is 19.8 Å². The molecule has 0 atom stereocenters. The predicted octanol–water partition coefficient (Wildman–Crippen LogP) is 1.56. The lowest BCUT2D eigenvalue weighted by molar-refractivity contribution is -0.136. The van der Waals surface area contributed by atoms with E-state index in [2.05, 4.69) is 0 Å². The molecule has 1 N–H and O–H groups in total. The standard InChI is InChI=1S/C11H12O3/c1-7-4-8(6-10(12)13)5-9-2-3-14-11(7)9/h4-5H,2-3,6H2,1H3,(H,12,13). The van der Waals surface area contributed by atoms with E-state index in [0.717, 1.165) is 28.9 Å². The minimum atomic E-state index is -0.789. The molecule has 0 radical (unpaired) electrons. The number of benzene rings is 1. The molecule has 0 bridgehead atoms. The largest absolute Gasteiger partial charge is 0.493 e. The van der Waals surface area contributed by atoms with Crippen LogP contribution in [0, 0.1) is 6.92 Å². The smallest absolute Gasteiger partial charge is 0.307 e. The SMILES string of the molecule is Cc1cc(CC(=O)O)cc2c1OCC2. The summed E-state index contributed by atoms with van der Waals surface area (Å²) in [5.74, 6) is 0.155. The fourth-order valence-electron chi connectivity index (χ4n) is 1.86. The van der Waals surface area contributed by atoms with E-state index in [9.17, 15) is 4.79 Å². The lowest BCUT2D eigenvalue weighted by atomic mass is 10.0. The van der Waals surface area contributed by atoms with Gasteiger partial charge in [-0.3, -0.25) is 4.79 Å². The zero-order chi connectivity index (χ0) is 10.1. The highest BCUT2D eigenvalue weighted by atomic mass is 16.5. The monoisotopic (exact) mass is 192 g/mol. The molecule has 3 nitrogen and oxygen atoms in total. The topological polar surface area (TPSA) is 46.5 Å². The van der Waals surface area contributed by atoms with Gasteiger partial charge in [-0.15, -0.1) is 0 Å². The minimum absolute atomic E-state index is 0.0914. The van der Waals surface area contributed by atoms with Crippen LogP contribution in [-0.2, 0) is 17.6 Å². The van der Waals surface area contributed by atoms with Crippen molar-refractivity contribution in [1.82, 2.24) is 0 Å². The van der Waals surface area contributed by atoms with Gasteiger partial charge in [0, 0.05) is 6.42 Å². The highest BCUT2D eigenvalue weighted by Crippen LogP contribution is 2.30. The Morgan fingerprint density at radius 1 is 1.57 bits per heavy atom. The third kappa shape index (κ3) is 1.58. The Bertz CT molecular complexity index is 382. The van der Waals surface area contributed by atoms with Crippen LogP contribution in [0.5, 0.6) is 5.75 Å². The average molecular weight is 192 g/mol. The molecular weight excluding hydrogens is 180 g/mol. The summed E-state index contributed by atoms with van der Waals surface area (Å²) in [6.45, 7) is 2.67. The van der Waals surface area contributed by atoms with Crippen LogP contribution in [0.15, 0.2) is 12.1 Å². The highest BCUT2D eigenvalue weighted by Gasteiger charge is 2.16. The van der Waals surface area contributed by atoms with Gasteiger partial charge in [-0.25, -0.2) is 0 Å². The summed E-state index contributed by atoms with van der Waals surface area (Å²) in [7, 11) is 0. The second-order valence-electron chi connectivity index (χ2n) is 3.57. The van der Waals surface area contributed by atoms with Gasteiger partial charge >= 0.3 is 5.97 Å². The minimum Gasteiger partial charge on any atom is -0.493 e. The third-order valence-corrected chi connectivity index (χ3v) is 2.38. The van der Waals surface area contributed by atoms with E-state index in [-0.39, 0.29) is 6.42 Å². The van der Waals surface area contributed by atoms with Crippen LogP contribution in [0.25, 0.3) is 0 Å². The van der Waals surface area contributed by atoms with Crippen molar-refractivity contribution in [1.29, 1.82) is 0 Å². The van der Waals surface area contributed by atoms with E-state index in [1.54, 1.807) is 0 Å². The molecular formula is C11H12O3. The maximum absolute atomic E-state index is 10.5. The predicted molar refractivity (Wildman–Crippen MR) is 51.7 cm³/mol. The van der Waals surface area contributed by atoms with Gasteiger partial charge in [0.15, 0.2) is 0 Å². The molecule has 0 amide bonds. The number of ether oxygens (including phenoxy) is 1. The van der Waals surface area contributed by atoms with Gasteiger partial charge in [0.2, 0.25) is 0 Å². The number of fused-ring (bicyclic) bond motifs is 1. The molecule has 1 aromatic carbocycles. The van der Waals surface area contributed by atoms with E-state index in [1.165, 1.54) is 0 Å². The van der Waals surface area contributed by atoms with Gasteiger partial charge in [0.25, 0.3) is 0 Å². The number of hydrogen-bond donors (Lipinski definition) is 1. The van der Waals surface area contributed by atoms with Crippen molar-refractivity contribution < 1.29 is 14.6 Å². The Morgan fingerprint density at radius 2 is 2.36 bits per heavy atom. The van der Waals surface area contributed by atoms with Gasteiger partial charge in [-0.2, -0.15) is 0 Å². The summed E-state index contributed by atoms with van der Waals surface area (Å²) >= 11 is 0. The summed E-state index contributed by atoms with van der Waals surface area (Å²) in [6.07, 6.45) is 0.984. The number of aliphatic carboxylic acids is 1. The van der Waals surface area contributed by atoms with Crippen molar-refractivity contribution in [2.75, 3.05) is 6.61 Å². The fourth-order valence-corrected chi connectivity index (χ4v) is 1.86. The van der Waals surface area contributed by atoms with Crippen LogP contribution in [0.3, 0.4) is 0 Å². The maximum Gasteiger partial charge on any atom is 0.307 e. The molecule has 0 fully saturated rings. The first-order valence-corrected chi connectivity index (χ1v) is 4.64. The summed E-state index contributed by atoms with van der Waals surface area (Å²) < 4.78 is 5.44. The Hall–Kier alpha value is -1.51. The maximum atomic E-state index is 10.5. The number of carbonyl (C=O) groups is 1. The number of rotatable bonds is 2. The van der Waals surface area contributed by atoms with Crippen molar-refractivity contribution in [3.63, 3.8) is 0 Å². The van der Waals surface area contributed by atoms with Gasteiger partial charge in [0.05, 0.1) is 13.0 Å². The Labute approximate surface area is 82.3 Å². The van der Waals surface area contributed by atoms with Crippen molar-refractivity contribution in [3.05, 3.63) is 28.8 Å². The molecule has 1 heterocycles. The first-order valence-electron chi connectivity index (χ1n) is 4.64. The number of carboxylic acids is 1. The molecule has 0 aliphatic carbocycles. The first-order chi connectivity index (χ1) is 6.66. The van der Waals surface area contributed by atoms with Crippen molar-refractivity contribution >= 4 is 5.97 Å². The fraction of sp³-hybridized carbons (Fsp3) is 0.364. The number of carboxylic acid groups (broad SMARTS) is 1. The summed E-state index contributed by atoms with van der Waals surface area (Å²) in [6, 6.07) is 3.82. The van der Waals surface area contributed by atoms with Crippen molar-refractivity contribution in [3.8, 4) is 5.75 Å². The molecule has 2 rings (SSSR count). The van der Waals surface area contributed by atoms with Gasteiger partial charge < -0.3 is 9.84 Å². The van der Waals surface area contributed by atoms with Crippen LogP contribution < -0.4 is 4.74 Å². The quantitative estimate of drug-likeness (QED) is 0.773. The van der Waals surface area contributed by atoms with E-state index in [1.807, 2.05) is 19.1 Å². The van der Waals surface area contributed by atoms with E-state index in [0.29, 0.717) is 6.61 Å². The third-order valence-electron chi connectivity index (χ3n) is 2.38. The van der Waals surface area contributed by atoms with E-state index < -0.39 is 5.97 Å². The normalized spacial score (nSPS) is 13.5. The Kier molecular flexibility index (Phi) is 2.15. The summed E-state index contributed by atoms with van der Waals surface area (Å²) in [5.41, 5.74) is 3.04. The molecule has 0 spiro atoms. The second-order valence-corrected chi connectivity index (χ2v) is 3.57. The lowest BCUT2D eigenvalue weighted by Crippen LogP contribution is -2.00. The molecule has 1 aliphatic heterocycles. The Morgan fingerprint density at radius 3 is 3.07 bits per heavy atom. The van der Waals surface area contributed by atoms with Gasteiger partial charge in [-0.1, -0.05) is 12.1 Å². The molecule has 1 aromatic rings. The van der Waals surface area contributed by atoms with Crippen LogP contribution in [0.4, 0.5) is 0 Å². The molecule has 14 heavy (non-hydrogen) atoms. The summed E-state index contributed by atoms with van der Waals surface area (Å²) in [5, 5.41) is 8.68. The number of hydrogen-bond acceptors (Lipinski definition) is 2. The lowest BCUT2D eigenvalue weighted by Gasteiger charge is -2.06. The highest BCUT2D eigenvalue weighted by molar-refractivity contribution is 5.70.